The number of carboxylic acid groups (broad SMARTS) is 1. The van der Waals surface area contributed by atoms with Crippen molar-refractivity contribution in [3.63, 3.8) is 0 Å². The van der Waals surface area contributed by atoms with Crippen LogP contribution in [0.2, 0.25) is 0 Å². The zero-order valence-electron chi connectivity index (χ0n) is 18.1. The summed E-state index contributed by atoms with van der Waals surface area (Å²) >= 11 is 0. The zero-order chi connectivity index (χ0) is 22.5. The molecule has 5 nitrogen and oxygen atoms in total. The third-order valence-corrected chi connectivity index (χ3v) is 5.75. The molecule has 2 N–H and O–H groups in total. The van der Waals surface area contributed by atoms with E-state index in [1.54, 1.807) is 6.07 Å². The Kier molecular flexibility index (Phi) is 6.71. The van der Waals surface area contributed by atoms with Crippen molar-refractivity contribution in [3.05, 3.63) is 78.1 Å². The molecular weight excluding hydrogens is 407 g/mol. The van der Waals surface area contributed by atoms with Crippen LogP contribution in [0.4, 0.5) is 15.8 Å². The molecule has 0 bridgehead atoms. The summed E-state index contributed by atoms with van der Waals surface area (Å²) in [5.74, 6) is -1.37. The summed E-state index contributed by atoms with van der Waals surface area (Å²) in [6.07, 6.45) is 1.85. The number of hydrogen-bond donors (Lipinski definition) is 2. The van der Waals surface area contributed by atoms with Crippen LogP contribution in [0.5, 0.6) is 5.75 Å². The fourth-order valence-corrected chi connectivity index (χ4v) is 4.09. The lowest BCUT2D eigenvalue weighted by atomic mass is 10.0. The number of ether oxygens (including phenoxy) is 1. The molecule has 166 valence electrons. The minimum absolute atomic E-state index is 0.0662. The second kappa shape index (κ2) is 9.83. The fourth-order valence-electron chi connectivity index (χ4n) is 4.09. The minimum Gasteiger partial charge on any atom is -0.490 e. The summed E-state index contributed by atoms with van der Waals surface area (Å²) in [7, 11) is 0. The van der Waals surface area contributed by atoms with Gasteiger partial charge in [0, 0.05) is 29.5 Å². The molecule has 0 spiro atoms. The maximum atomic E-state index is 14.0. The molecule has 0 atom stereocenters. The van der Waals surface area contributed by atoms with Gasteiger partial charge in [0.15, 0.2) is 0 Å². The number of nitrogens with one attached hydrogen (secondary N) is 1. The molecule has 1 fully saturated rings. The van der Waals surface area contributed by atoms with Gasteiger partial charge in [0.1, 0.15) is 17.7 Å². The van der Waals surface area contributed by atoms with Crippen LogP contribution in [0.15, 0.2) is 66.7 Å². The number of halogens is 1. The van der Waals surface area contributed by atoms with E-state index >= 15 is 0 Å². The van der Waals surface area contributed by atoms with Crippen molar-refractivity contribution in [1.29, 1.82) is 0 Å². The van der Waals surface area contributed by atoms with Crippen molar-refractivity contribution >= 4 is 17.3 Å². The third-order valence-electron chi connectivity index (χ3n) is 5.75. The van der Waals surface area contributed by atoms with E-state index < -0.39 is 11.8 Å². The Balaban J connectivity index is 1.77. The topological polar surface area (TPSA) is 61.8 Å². The normalized spacial score (nSPS) is 14.2. The van der Waals surface area contributed by atoms with Gasteiger partial charge in [-0.3, -0.25) is 0 Å². The van der Waals surface area contributed by atoms with Gasteiger partial charge in [0.05, 0.1) is 5.56 Å². The number of anilines is 2. The lowest BCUT2D eigenvalue weighted by Crippen LogP contribution is -2.34. The molecule has 1 aliphatic heterocycles. The number of rotatable bonds is 7. The monoisotopic (exact) mass is 434 g/mol. The molecule has 1 heterocycles. The predicted octanol–water partition coefficient (Wildman–Crippen LogP) is 5.48. The second-order valence-electron chi connectivity index (χ2n) is 7.83. The molecular formula is C26H27FN2O3. The number of benzene rings is 3. The van der Waals surface area contributed by atoms with E-state index in [9.17, 15) is 14.3 Å². The van der Waals surface area contributed by atoms with Gasteiger partial charge in [-0.2, -0.15) is 0 Å². The van der Waals surface area contributed by atoms with Crippen LogP contribution in [0.25, 0.3) is 11.1 Å². The van der Waals surface area contributed by atoms with Crippen molar-refractivity contribution < 1.29 is 19.0 Å². The highest BCUT2D eigenvalue weighted by molar-refractivity contribution is 5.90. The number of aromatic carboxylic acids is 1. The lowest BCUT2D eigenvalue weighted by Gasteiger charge is -2.28. The van der Waals surface area contributed by atoms with Gasteiger partial charge in [-0.15, -0.1) is 0 Å². The van der Waals surface area contributed by atoms with Crippen LogP contribution < -0.4 is 15.0 Å². The standard InChI is InChI=1S/C26H27FN2O3/c1-2-29(19-6-4-3-5-7-19)20-9-10-22(18-8-11-24(27)23(16-18)26(30)31)25(17-20)32-21-12-14-28-15-13-21/h3-11,16-17,21,28H,2,12-15H2,1H3,(H,30,31). The van der Waals surface area contributed by atoms with Crippen LogP contribution in [0.3, 0.4) is 0 Å². The van der Waals surface area contributed by atoms with Crippen LogP contribution in [-0.4, -0.2) is 36.8 Å². The third kappa shape index (κ3) is 4.75. The minimum atomic E-state index is -1.29. The number of nitrogens with zero attached hydrogens (tertiary/aromatic N) is 1. The highest BCUT2D eigenvalue weighted by Gasteiger charge is 2.20. The fraction of sp³-hybridized carbons (Fsp3) is 0.269. The van der Waals surface area contributed by atoms with E-state index in [0.717, 1.165) is 49.4 Å². The average Bonchev–Trinajstić information content (AvgIpc) is 2.81. The van der Waals surface area contributed by atoms with E-state index in [2.05, 4.69) is 29.3 Å². The van der Waals surface area contributed by atoms with E-state index in [4.69, 9.17) is 4.74 Å². The molecule has 0 aromatic heterocycles. The molecule has 4 rings (SSSR count). The Labute approximate surface area is 187 Å². The molecule has 0 amide bonds. The summed E-state index contributed by atoms with van der Waals surface area (Å²) < 4.78 is 20.4. The summed E-state index contributed by atoms with van der Waals surface area (Å²) in [4.78, 5) is 13.6. The molecule has 3 aromatic rings. The Morgan fingerprint density at radius 1 is 1.06 bits per heavy atom. The SMILES string of the molecule is CCN(c1ccccc1)c1ccc(-c2ccc(F)c(C(=O)O)c2)c(OC2CCNCC2)c1. The van der Waals surface area contributed by atoms with Crippen molar-refractivity contribution in [2.45, 2.75) is 25.9 Å². The molecule has 32 heavy (non-hydrogen) atoms. The Hall–Kier alpha value is -3.38. The first kappa shape index (κ1) is 21.8. The van der Waals surface area contributed by atoms with Gasteiger partial charge in [-0.05, 0) is 74.8 Å². The number of piperidine rings is 1. The van der Waals surface area contributed by atoms with Gasteiger partial charge in [0.25, 0.3) is 0 Å². The molecule has 0 saturated carbocycles. The van der Waals surface area contributed by atoms with Crippen LogP contribution in [0.1, 0.15) is 30.1 Å². The second-order valence-corrected chi connectivity index (χ2v) is 7.83. The molecule has 0 aliphatic carbocycles. The molecule has 0 unspecified atom stereocenters. The summed E-state index contributed by atoms with van der Waals surface area (Å²) in [6.45, 7) is 4.65. The highest BCUT2D eigenvalue weighted by Crippen LogP contribution is 2.37. The first-order valence-corrected chi connectivity index (χ1v) is 10.9. The smallest absolute Gasteiger partial charge is 0.338 e. The molecule has 0 radical (unpaired) electrons. The van der Waals surface area contributed by atoms with Crippen molar-refractivity contribution in [3.8, 4) is 16.9 Å². The van der Waals surface area contributed by atoms with Crippen LogP contribution >= 0.6 is 0 Å². The maximum absolute atomic E-state index is 14.0. The number of hydrogen-bond acceptors (Lipinski definition) is 4. The van der Waals surface area contributed by atoms with E-state index in [1.165, 1.54) is 12.1 Å². The van der Waals surface area contributed by atoms with E-state index in [-0.39, 0.29) is 11.7 Å². The quantitative estimate of drug-likeness (QED) is 0.516. The summed E-state index contributed by atoms with van der Waals surface area (Å²) in [6, 6.07) is 20.2. The Bertz CT molecular complexity index is 1080. The first-order valence-electron chi connectivity index (χ1n) is 10.9. The van der Waals surface area contributed by atoms with Gasteiger partial charge < -0.3 is 20.1 Å². The van der Waals surface area contributed by atoms with Gasteiger partial charge >= 0.3 is 5.97 Å². The Morgan fingerprint density at radius 3 is 2.50 bits per heavy atom. The highest BCUT2D eigenvalue weighted by atomic mass is 19.1. The Morgan fingerprint density at radius 2 is 1.81 bits per heavy atom. The molecule has 1 saturated heterocycles. The van der Waals surface area contributed by atoms with Crippen molar-refractivity contribution in [2.75, 3.05) is 24.5 Å². The largest absolute Gasteiger partial charge is 0.490 e. The maximum Gasteiger partial charge on any atom is 0.338 e. The zero-order valence-corrected chi connectivity index (χ0v) is 18.1. The van der Waals surface area contributed by atoms with Gasteiger partial charge in [-0.1, -0.05) is 24.3 Å². The molecule has 3 aromatic carbocycles. The lowest BCUT2D eigenvalue weighted by molar-refractivity contribution is 0.0692. The first-order chi connectivity index (χ1) is 15.6. The van der Waals surface area contributed by atoms with Crippen LogP contribution in [-0.2, 0) is 0 Å². The number of carbonyl (C=O) groups is 1. The molecule has 6 heteroatoms. The average molecular weight is 435 g/mol. The number of carboxylic acids is 1. The van der Waals surface area contributed by atoms with Gasteiger partial charge in [-0.25, -0.2) is 9.18 Å². The predicted molar refractivity (Wildman–Crippen MR) is 124 cm³/mol. The van der Waals surface area contributed by atoms with Crippen molar-refractivity contribution in [2.24, 2.45) is 0 Å². The summed E-state index contributed by atoms with van der Waals surface area (Å²) in [5.41, 5.74) is 3.07. The van der Waals surface area contributed by atoms with Crippen LogP contribution in [0, 0.1) is 5.82 Å². The van der Waals surface area contributed by atoms with E-state index in [0.29, 0.717) is 11.3 Å². The van der Waals surface area contributed by atoms with Crippen molar-refractivity contribution in [1.82, 2.24) is 5.32 Å². The molecule has 1 aliphatic rings. The van der Waals surface area contributed by atoms with E-state index in [1.807, 2.05) is 36.4 Å². The van der Waals surface area contributed by atoms with Gasteiger partial charge in [0.2, 0.25) is 0 Å². The number of para-hydroxylation sites is 1. The summed E-state index contributed by atoms with van der Waals surface area (Å²) in [5, 5.41) is 12.7.